The number of hydrogen-bond acceptors (Lipinski definition) is 9. The van der Waals surface area contributed by atoms with E-state index in [0.29, 0.717) is 16.9 Å². The van der Waals surface area contributed by atoms with Crippen LogP contribution < -0.4 is 20.9 Å². The number of carbonyl (C=O) groups excluding carboxylic acids is 3. The van der Waals surface area contributed by atoms with E-state index in [1.165, 1.54) is 42.5 Å². The molecule has 9 nitrogen and oxygen atoms in total. The number of ether oxygens (including phenoxy) is 4. The van der Waals surface area contributed by atoms with Crippen LogP contribution in [0, 0.1) is 0 Å². The Labute approximate surface area is 220 Å². The number of nitrogens with two attached hydrogens (primary N) is 2. The average Bonchev–Trinajstić information content (AvgIpc) is 2.87. The number of carbonyl (C=O) groups is 3. The number of nitrogen functional groups attached to an aromatic ring is 2. The number of anilines is 2. The van der Waals surface area contributed by atoms with E-state index in [0.717, 1.165) is 24.3 Å². The molecule has 0 unspecified atom stereocenters. The van der Waals surface area contributed by atoms with E-state index in [1.807, 2.05) is 0 Å². The van der Waals surface area contributed by atoms with Crippen molar-refractivity contribution >= 4 is 35.4 Å². The lowest BCUT2D eigenvalue weighted by Gasteiger charge is -2.09. The number of alkyl halides is 3. The molecule has 3 aromatic rings. The van der Waals surface area contributed by atoms with Crippen molar-refractivity contribution in [2.45, 2.75) is 12.8 Å². The molecule has 0 saturated heterocycles. The van der Waals surface area contributed by atoms with Gasteiger partial charge in [0.2, 0.25) is 0 Å². The van der Waals surface area contributed by atoms with Crippen LogP contribution in [0.2, 0.25) is 0 Å². The number of halogens is 3. The molecular weight excluding hydrogens is 521 g/mol. The second kappa shape index (κ2) is 13.0. The van der Waals surface area contributed by atoms with Gasteiger partial charge in [-0.3, -0.25) is 0 Å². The van der Waals surface area contributed by atoms with Crippen LogP contribution in [0.1, 0.15) is 32.7 Å². The molecule has 3 rings (SSSR count). The van der Waals surface area contributed by atoms with Gasteiger partial charge in [-0.25, -0.2) is 14.4 Å². The Morgan fingerprint density at radius 3 is 1.95 bits per heavy atom. The fourth-order valence-electron chi connectivity index (χ4n) is 3.09. The first-order chi connectivity index (χ1) is 18.5. The van der Waals surface area contributed by atoms with Crippen LogP contribution in [-0.4, -0.2) is 37.5 Å². The van der Waals surface area contributed by atoms with E-state index in [2.05, 4.69) is 4.74 Å². The molecule has 0 spiro atoms. The van der Waals surface area contributed by atoms with Crippen LogP contribution in [0.15, 0.2) is 72.8 Å². The molecule has 0 aliphatic rings. The van der Waals surface area contributed by atoms with Crippen LogP contribution in [0.4, 0.5) is 24.5 Å². The van der Waals surface area contributed by atoms with E-state index in [1.54, 1.807) is 12.1 Å². The smallest absolute Gasteiger partial charge is 0.462 e. The Hall–Kier alpha value is -5.00. The summed E-state index contributed by atoms with van der Waals surface area (Å²) in [7, 11) is 0. The summed E-state index contributed by atoms with van der Waals surface area (Å²) in [5, 5.41) is 0. The first-order valence-corrected chi connectivity index (χ1v) is 11.3. The second-order valence-corrected chi connectivity index (χ2v) is 7.91. The SMILES string of the molecule is Nc1cc(N)cc(C(=O)OCCCOC(=O)C=Cc2ccc(OC(=O)c3ccc(OC(F)(F)F)cc3)cc2)c1. The van der Waals surface area contributed by atoms with Gasteiger partial charge in [0.15, 0.2) is 0 Å². The summed E-state index contributed by atoms with van der Waals surface area (Å²) in [5.41, 5.74) is 12.8. The standard InChI is InChI=1S/C27H23F3N2O7/c28-27(29,30)39-23-9-5-18(6-10-23)26(35)38-22-7-2-17(3-8-22)4-11-24(33)36-12-1-13-37-25(34)19-14-20(31)16-21(32)15-19/h2-11,14-16H,1,12-13,31-32H2. The maximum Gasteiger partial charge on any atom is 0.573 e. The van der Waals surface area contributed by atoms with Crippen molar-refractivity contribution in [2.24, 2.45) is 0 Å². The summed E-state index contributed by atoms with van der Waals surface area (Å²) in [5.74, 6) is -2.26. The Bertz CT molecular complexity index is 1320. The van der Waals surface area contributed by atoms with E-state index < -0.39 is 30.0 Å². The number of rotatable bonds is 10. The van der Waals surface area contributed by atoms with Gasteiger partial charge in [0.05, 0.1) is 24.3 Å². The molecule has 0 aliphatic heterocycles. The molecule has 3 aromatic carbocycles. The number of esters is 3. The maximum atomic E-state index is 12.2. The topological polar surface area (TPSA) is 140 Å². The normalized spacial score (nSPS) is 11.2. The fourth-order valence-corrected chi connectivity index (χ4v) is 3.09. The highest BCUT2D eigenvalue weighted by molar-refractivity contribution is 5.92. The fraction of sp³-hybridized carbons (Fsp3) is 0.148. The minimum absolute atomic E-state index is 0.0215. The lowest BCUT2D eigenvalue weighted by atomic mass is 10.2. The molecule has 0 heterocycles. The van der Waals surface area contributed by atoms with Crippen molar-refractivity contribution in [3.05, 3.63) is 89.5 Å². The molecule has 0 aromatic heterocycles. The summed E-state index contributed by atoms with van der Waals surface area (Å²) in [4.78, 5) is 36.1. The van der Waals surface area contributed by atoms with Gasteiger partial charge in [-0.15, -0.1) is 13.2 Å². The highest BCUT2D eigenvalue weighted by Gasteiger charge is 2.31. The zero-order valence-corrected chi connectivity index (χ0v) is 20.3. The minimum Gasteiger partial charge on any atom is -0.462 e. The Morgan fingerprint density at radius 2 is 1.33 bits per heavy atom. The van der Waals surface area contributed by atoms with Crippen molar-refractivity contribution in [3.8, 4) is 11.5 Å². The van der Waals surface area contributed by atoms with E-state index in [4.69, 9.17) is 25.7 Å². The largest absolute Gasteiger partial charge is 0.573 e. The van der Waals surface area contributed by atoms with Crippen LogP contribution in [-0.2, 0) is 14.3 Å². The second-order valence-electron chi connectivity index (χ2n) is 7.91. The molecule has 0 fully saturated rings. The predicted octanol–water partition coefficient (Wildman–Crippen LogP) is 4.77. The highest BCUT2D eigenvalue weighted by atomic mass is 19.4. The summed E-state index contributed by atoms with van der Waals surface area (Å²) >= 11 is 0. The van der Waals surface area contributed by atoms with E-state index in [9.17, 15) is 27.6 Å². The average molecular weight is 544 g/mol. The van der Waals surface area contributed by atoms with Crippen LogP contribution >= 0.6 is 0 Å². The molecule has 0 bridgehead atoms. The Morgan fingerprint density at radius 1 is 0.744 bits per heavy atom. The van der Waals surface area contributed by atoms with Gasteiger partial charge in [0, 0.05) is 23.9 Å². The van der Waals surface area contributed by atoms with Gasteiger partial charge in [0.1, 0.15) is 11.5 Å². The van der Waals surface area contributed by atoms with Gasteiger partial charge in [-0.05, 0) is 66.2 Å². The molecular formula is C27H23F3N2O7. The van der Waals surface area contributed by atoms with E-state index in [-0.39, 0.29) is 36.5 Å². The third-order valence-corrected chi connectivity index (χ3v) is 4.81. The molecule has 4 N–H and O–H groups in total. The van der Waals surface area contributed by atoms with Crippen molar-refractivity contribution < 1.29 is 46.5 Å². The third-order valence-electron chi connectivity index (χ3n) is 4.81. The van der Waals surface area contributed by atoms with Crippen LogP contribution in [0.25, 0.3) is 6.08 Å². The maximum absolute atomic E-state index is 12.2. The van der Waals surface area contributed by atoms with Gasteiger partial charge < -0.3 is 30.4 Å². The van der Waals surface area contributed by atoms with E-state index >= 15 is 0 Å². The monoisotopic (exact) mass is 544 g/mol. The summed E-state index contributed by atoms with van der Waals surface area (Å²) in [6, 6.07) is 14.8. The van der Waals surface area contributed by atoms with Crippen molar-refractivity contribution in [1.82, 2.24) is 0 Å². The molecule has 0 saturated carbocycles. The molecule has 0 atom stereocenters. The van der Waals surface area contributed by atoms with Gasteiger partial charge in [0.25, 0.3) is 0 Å². The zero-order valence-electron chi connectivity index (χ0n) is 20.3. The molecule has 12 heteroatoms. The van der Waals surface area contributed by atoms with Crippen LogP contribution in [0.3, 0.4) is 0 Å². The lowest BCUT2D eigenvalue weighted by molar-refractivity contribution is -0.274. The van der Waals surface area contributed by atoms with Crippen molar-refractivity contribution in [2.75, 3.05) is 24.7 Å². The first-order valence-electron chi connectivity index (χ1n) is 11.3. The minimum atomic E-state index is -4.83. The number of hydrogen-bond donors (Lipinski definition) is 2. The van der Waals surface area contributed by atoms with Crippen molar-refractivity contribution in [3.63, 3.8) is 0 Å². The van der Waals surface area contributed by atoms with Crippen molar-refractivity contribution in [1.29, 1.82) is 0 Å². The number of benzene rings is 3. The highest BCUT2D eigenvalue weighted by Crippen LogP contribution is 2.23. The summed E-state index contributed by atoms with van der Waals surface area (Å²) in [6.07, 6.45) is -1.87. The van der Waals surface area contributed by atoms with Gasteiger partial charge in [-0.1, -0.05) is 12.1 Å². The molecule has 204 valence electrons. The lowest BCUT2D eigenvalue weighted by Crippen LogP contribution is -2.17. The third kappa shape index (κ3) is 9.76. The predicted molar refractivity (Wildman–Crippen MR) is 135 cm³/mol. The molecule has 0 amide bonds. The summed E-state index contributed by atoms with van der Waals surface area (Å²) < 4.78 is 55.8. The quantitative estimate of drug-likeness (QED) is 0.121. The summed E-state index contributed by atoms with van der Waals surface area (Å²) in [6.45, 7) is 0.0455. The van der Waals surface area contributed by atoms with Gasteiger partial charge in [-0.2, -0.15) is 0 Å². The van der Waals surface area contributed by atoms with Crippen LogP contribution in [0.5, 0.6) is 11.5 Å². The molecule has 0 radical (unpaired) electrons. The molecule has 0 aliphatic carbocycles. The first kappa shape index (κ1) is 28.6. The Kier molecular flexibility index (Phi) is 9.52. The van der Waals surface area contributed by atoms with Gasteiger partial charge >= 0.3 is 24.3 Å². The zero-order chi connectivity index (χ0) is 28.4. The molecule has 39 heavy (non-hydrogen) atoms. The Balaban J connectivity index is 1.38.